The number of carbonyl (C=O) groups excluding carboxylic acids is 1. The largest absolute Gasteiger partial charge is 0.376 e. The molecule has 0 aliphatic carbocycles. The van der Waals surface area contributed by atoms with Gasteiger partial charge in [-0.05, 0) is 51.3 Å². The molecule has 3 atom stereocenters. The number of carbonyl (C=O) groups is 1. The standard InChI is InChI=1S/C24H29N5O4/c1-15-6-4-8-29-21(15)27-22(28-13-16(2)33-17(3)14-28)20(24(29)31)10-18(11-25)23(30)26-12-19-7-5-9-32-19/h4,6,8,10,16-17,19H,5,7,9,12-14H2,1-3H3,(H,26,30)/b18-10+/t16-,17+,19-/m0/s1. The molecule has 9 heteroatoms. The van der Waals surface area contributed by atoms with Crippen LogP contribution in [0.4, 0.5) is 5.82 Å². The number of fused-ring (bicyclic) bond motifs is 1. The van der Waals surface area contributed by atoms with E-state index < -0.39 is 5.91 Å². The first-order chi connectivity index (χ1) is 15.9. The van der Waals surface area contributed by atoms with Gasteiger partial charge in [-0.15, -0.1) is 0 Å². The molecule has 0 bridgehead atoms. The number of nitrogens with one attached hydrogen (secondary N) is 1. The van der Waals surface area contributed by atoms with E-state index >= 15 is 0 Å². The smallest absolute Gasteiger partial charge is 0.267 e. The van der Waals surface area contributed by atoms with Gasteiger partial charge in [0.25, 0.3) is 11.5 Å². The molecular weight excluding hydrogens is 422 g/mol. The summed E-state index contributed by atoms with van der Waals surface area (Å²) in [6.45, 7) is 7.94. The number of hydrogen-bond donors (Lipinski definition) is 1. The van der Waals surface area contributed by atoms with Gasteiger partial charge in [-0.2, -0.15) is 5.26 Å². The Kier molecular flexibility index (Phi) is 6.77. The second-order valence-electron chi connectivity index (χ2n) is 8.72. The molecule has 2 aromatic heterocycles. The van der Waals surface area contributed by atoms with Gasteiger partial charge in [-0.3, -0.25) is 14.0 Å². The van der Waals surface area contributed by atoms with Crippen molar-refractivity contribution in [3.05, 3.63) is 45.4 Å². The Morgan fingerprint density at radius 3 is 2.79 bits per heavy atom. The van der Waals surface area contributed by atoms with Crippen molar-refractivity contribution in [1.29, 1.82) is 5.26 Å². The van der Waals surface area contributed by atoms with E-state index in [9.17, 15) is 14.9 Å². The maximum atomic E-state index is 13.5. The van der Waals surface area contributed by atoms with Crippen molar-refractivity contribution in [2.75, 3.05) is 31.1 Å². The van der Waals surface area contributed by atoms with Crippen LogP contribution in [0.15, 0.2) is 28.7 Å². The van der Waals surface area contributed by atoms with Crippen molar-refractivity contribution in [3.63, 3.8) is 0 Å². The highest BCUT2D eigenvalue weighted by molar-refractivity contribution is 6.02. The fourth-order valence-electron chi connectivity index (χ4n) is 4.42. The summed E-state index contributed by atoms with van der Waals surface area (Å²) in [5.74, 6) is -0.0765. The van der Waals surface area contributed by atoms with Crippen LogP contribution in [0.25, 0.3) is 11.7 Å². The van der Waals surface area contributed by atoms with Gasteiger partial charge >= 0.3 is 0 Å². The van der Waals surface area contributed by atoms with E-state index in [1.807, 2.05) is 37.8 Å². The number of rotatable bonds is 5. The molecule has 33 heavy (non-hydrogen) atoms. The predicted octanol–water partition coefficient (Wildman–Crippen LogP) is 1.82. The lowest BCUT2D eigenvalue weighted by molar-refractivity contribution is -0.117. The molecule has 0 radical (unpaired) electrons. The lowest BCUT2D eigenvalue weighted by Gasteiger charge is -2.36. The summed E-state index contributed by atoms with van der Waals surface area (Å²) >= 11 is 0. The SMILES string of the molecule is Cc1cccn2c(=O)c(/C=C(\C#N)C(=O)NC[C@@H]3CCCO3)c(N3C[C@@H](C)O[C@@H](C)C3)nc12. The third-order valence-corrected chi connectivity index (χ3v) is 5.95. The molecule has 2 saturated heterocycles. The minimum absolute atomic E-state index is 0.0447. The molecule has 0 aromatic carbocycles. The highest BCUT2D eigenvalue weighted by atomic mass is 16.5. The minimum Gasteiger partial charge on any atom is -0.376 e. The zero-order chi connectivity index (χ0) is 23.5. The van der Waals surface area contributed by atoms with Gasteiger partial charge in [0.05, 0.1) is 23.9 Å². The summed E-state index contributed by atoms with van der Waals surface area (Å²) in [5.41, 5.74) is 1.14. The molecule has 1 amide bonds. The van der Waals surface area contributed by atoms with Crippen molar-refractivity contribution >= 4 is 23.4 Å². The second-order valence-corrected chi connectivity index (χ2v) is 8.72. The van der Waals surface area contributed by atoms with Gasteiger partial charge in [0.1, 0.15) is 23.1 Å². The Balaban J connectivity index is 1.77. The number of amides is 1. The number of aryl methyl sites for hydroxylation is 1. The van der Waals surface area contributed by atoms with Crippen LogP contribution >= 0.6 is 0 Å². The molecular formula is C24H29N5O4. The van der Waals surface area contributed by atoms with Gasteiger partial charge in [0, 0.05) is 32.4 Å². The van der Waals surface area contributed by atoms with Gasteiger partial charge in [0.2, 0.25) is 0 Å². The van der Waals surface area contributed by atoms with Gasteiger partial charge < -0.3 is 19.7 Å². The third kappa shape index (κ3) is 4.92. The van der Waals surface area contributed by atoms with Crippen LogP contribution < -0.4 is 15.8 Å². The number of aromatic nitrogens is 2. The Bertz CT molecular complexity index is 1170. The van der Waals surface area contributed by atoms with Crippen LogP contribution in [0.2, 0.25) is 0 Å². The fraction of sp³-hybridized carbons (Fsp3) is 0.500. The zero-order valence-electron chi connectivity index (χ0n) is 19.2. The van der Waals surface area contributed by atoms with Crippen molar-refractivity contribution in [1.82, 2.24) is 14.7 Å². The van der Waals surface area contributed by atoms with Crippen molar-refractivity contribution in [3.8, 4) is 6.07 Å². The monoisotopic (exact) mass is 451 g/mol. The maximum absolute atomic E-state index is 13.5. The molecule has 2 fully saturated rings. The molecule has 2 aromatic rings. The number of nitrogens with zero attached hydrogens (tertiary/aromatic N) is 4. The number of morpholine rings is 1. The molecule has 2 aliphatic rings. The van der Waals surface area contributed by atoms with E-state index in [4.69, 9.17) is 14.5 Å². The zero-order valence-corrected chi connectivity index (χ0v) is 19.2. The summed E-state index contributed by atoms with van der Waals surface area (Å²) in [5, 5.41) is 12.5. The normalized spacial score (nSPS) is 23.5. The first-order valence-electron chi connectivity index (χ1n) is 11.3. The Morgan fingerprint density at radius 1 is 1.36 bits per heavy atom. The Morgan fingerprint density at radius 2 is 2.12 bits per heavy atom. The van der Waals surface area contributed by atoms with Gasteiger partial charge in [0.15, 0.2) is 0 Å². The molecule has 174 valence electrons. The average molecular weight is 452 g/mol. The Labute approximate surface area is 192 Å². The molecule has 1 N–H and O–H groups in total. The topological polar surface area (TPSA) is 109 Å². The van der Waals surface area contributed by atoms with Crippen molar-refractivity contribution in [2.45, 2.75) is 51.9 Å². The minimum atomic E-state index is -0.531. The average Bonchev–Trinajstić information content (AvgIpc) is 3.30. The third-order valence-electron chi connectivity index (χ3n) is 5.95. The van der Waals surface area contributed by atoms with E-state index in [0.29, 0.717) is 37.7 Å². The van der Waals surface area contributed by atoms with Gasteiger partial charge in [-0.1, -0.05) is 6.07 Å². The molecule has 0 unspecified atom stereocenters. The fourth-order valence-corrected chi connectivity index (χ4v) is 4.42. The summed E-state index contributed by atoms with van der Waals surface area (Å²) in [7, 11) is 0. The molecule has 4 heterocycles. The van der Waals surface area contributed by atoms with Crippen molar-refractivity contribution < 1.29 is 14.3 Å². The van der Waals surface area contributed by atoms with Crippen LogP contribution in [0.3, 0.4) is 0 Å². The van der Waals surface area contributed by atoms with Crippen LogP contribution in [0.5, 0.6) is 0 Å². The summed E-state index contributed by atoms with van der Waals surface area (Å²) in [4.78, 5) is 33.1. The number of pyridine rings is 1. The summed E-state index contributed by atoms with van der Waals surface area (Å²) in [6.07, 6.45) is 4.69. The van der Waals surface area contributed by atoms with Crippen LogP contribution in [0, 0.1) is 18.3 Å². The summed E-state index contributed by atoms with van der Waals surface area (Å²) < 4.78 is 12.8. The molecule has 0 spiro atoms. The number of nitriles is 1. The quantitative estimate of drug-likeness (QED) is 0.546. The predicted molar refractivity (Wildman–Crippen MR) is 124 cm³/mol. The number of anilines is 1. The van der Waals surface area contributed by atoms with Crippen LogP contribution in [-0.2, 0) is 14.3 Å². The Hall–Kier alpha value is -3.22. The van der Waals surface area contributed by atoms with Crippen molar-refractivity contribution in [2.24, 2.45) is 0 Å². The molecule has 9 nitrogen and oxygen atoms in total. The highest BCUT2D eigenvalue weighted by Crippen LogP contribution is 2.24. The lowest BCUT2D eigenvalue weighted by atomic mass is 10.1. The molecule has 0 saturated carbocycles. The lowest BCUT2D eigenvalue weighted by Crippen LogP contribution is -2.46. The van der Waals surface area contributed by atoms with E-state index in [1.165, 1.54) is 10.5 Å². The van der Waals surface area contributed by atoms with Crippen LogP contribution in [-0.4, -0.2) is 59.8 Å². The summed E-state index contributed by atoms with van der Waals surface area (Å²) in [6, 6.07) is 5.62. The number of ether oxygens (including phenoxy) is 2. The van der Waals surface area contributed by atoms with Crippen LogP contribution in [0.1, 0.15) is 37.8 Å². The molecule has 4 rings (SSSR count). The first kappa shape index (κ1) is 23.0. The number of hydrogen-bond acceptors (Lipinski definition) is 7. The van der Waals surface area contributed by atoms with E-state index in [1.54, 1.807) is 12.3 Å². The second kappa shape index (κ2) is 9.73. The van der Waals surface area contributed by atoms with Gasteiger partial charge in [-0.25, -0.2) is 4.98 Å². The first-order valence-corrected chi connectivity index (χ1v) is 11.3. The highest BCUT2D eigenvalue weighted by Gasteiger charge is 2.27. The van der Waals surface area contributed by atoms with E-state index in [0.717, 1.165) is 18.4 Å². The molecule has 2 aliphatic heterocycles. The van der Waals surface area contributed by atoms with E-state index in [2.05, 4.69) is 5.32 Å². The maximum Gasteiger partial charge on any atom is 0.267 e. The van der Waals surface area contributed by atoms with E-state index in [-0.39, 0.29) is 35.0 Å².